The van der Waals surface area contributed by atoms with Crippen molar-refractivity contribution in [2.75, 3.05) is 0 Å². The van der Waals surface area contributed by atoms with Gasteiger partial charge in [0.05, 0.1) is 7.02 Å². The maximum absolute atomic E-state index is 2.53. The van der Waals surface area contributed by atoms with Crippen LogP contribution in [0.5, 0.6) is 0 Å². The summed E-state index contributed by atoms with van der Waals surface area (Å²) in [4.78, 5) is 0. The van der Waals surface area contributed by atoms with Gasteiger partial charge < -0.3 is 0 Å². The van der Waals surface area contributed by atoms with E-state index in [1.54, 1.807) is 0 Å². The molecule has 0 nitrogen and oxygen atoms in total. The zero-order valence-electron chi connectivity index (χ0n) is 3.50. The van der Waals surface area contributed by atoms with Gasteiger partial charge in [-0.2, -0.15) is 0 Å². The predicted octanol–water partition coefficient (Wildman–Crippen LogP) is 1.33. The Balaban J connectivity index is 2.19. The highest BCUT2D eigenvalue weighted by atomic mass is 127. The summed E-state index contributed by atoms with van der Waals surface area (Å²) in [6.45, 7) is 2.24. The Kier molecular flexibility index (Phi) is 5.88. The lowest BCUT2D eigenvalue weighted by atomic mass is 10.6. The monoisotopic (exact) mass is 200 g/mol. The minimum absolute atomic E-state index is 0.384. The minimum Gasteiger partial charge on any atom is -0.128 e. The van der Waals surface area contributed by atoms with Crippen LogP contribution in [0.2, 0.25) is 6.04 Å². The first-order valence-electron chi connectivity index (χ1n) is 1.97. The zero-order valence-corrected chi connectivity index (χ0v) is 7.07. The van der Waals surface area contributed by atoms with Crippen molar-refractivity contribution in [1.82, 2.24) is 0 Å². The fourth-order valence-electron chi connectivity index (χ4n) is 0.134. The maximum atomic E-state index is 2.53. The molecule has 5 heavy (non-hydrogen) atoms. The van der Waals surface area contributed by atoms with Crippen LogP contribution in [0.15, 0.2) is 0 Å². The first-order chi connectivity index (χ1) is 2.41. The van der Waals surface area contributed by atoms with Gasteiger partial charge in [-0.05, 0) is 0 Å². The van der Waals surface area contributed by atoms with E-state index in [0.717, 1.165) is 0 Å². The van der Waals surface area contributed by atoms with Crippen molar-refractivity contribution in [2.24, 2.45) is 0 Å². The molecule has 0 aromatic rings. The highest BCUT2D eigenvalue weighted by molar-refractivity contribution is 14.1. The second kappa shape index (κ2) is 4.95. The van der Waals surface area contributed by atoms with E-state index in [0.29, 0.717) is 7.02 Å². The van der Waals surface area contributed by atoms with E-state index >= 15 is 0 Å². The summed E-state index contributed by atoms with van der Waals surface area (Å²) in [6.07, 6.45) is 1.40. The number of hydrogen-bond acceptors (Lipinski definition) is 0. The van der Waals surface area contributed by atoms with Crippen LogP contribution in [0.1, 0.15) is 13.3 Å². The fourth-order valence-corrected chi connectivity index (χ4v) is 2.69. The SMILES string of the molecule is CCC[SiH2]I. The molecule has 0 aromatic heterocycles. The first kappa shape index (κ1) is 5.95. The van der Waals surface area contributed by atoms with Crippen LogP contribution in [-0.2, 0) is 0 Å². The van der Waals surface area contributed by atoms with Crippen molar-refractivity contribution in [3.05, 3.63) is 0 Å². The minimum atomic E-state index is 0.384. The quantitative estimate of drug-likeness (QED) is 0.358. The lowest BCUT2D eigenvalue weighted by Crippen LogP contribution is -1.68. The van der Waals surface area contributed by atoms with Gasteiger partial charge in [-0.15, -0.1) is 21.8 Å². The molecule has 0 aliphatic heterocycles. The second-order valence-corrected chi connectivity index (χ2v) is 5.36. The van der Waals surface area contributed by atoms with Crippen LogP contribution in [0.25, 0.3) is 0 Å². The van der Waals surface area contributed by atoms with Gasteiger partial charge in [-0.3, -0.25) is 0 Å². The molecule has 0 bridgehead atoms. The zero-order chi connectivity index (χ0) is 4.12. The summed E-state index contributed by atoms with van der Waals surface area (Å²) < 4.78 is 0. The molecule has 0 amide bonds. The van der Waals surface area contributed by atoms with Crippen LogP contribution in [0.4, 0.5) is 0 Å². The Labute approximate surface area is 48.4 Å². The third-order valence-electron chi connectivity index (χ3n) is 0.487. The maximum Gasteiger partial charge on any atom is 0.0937 e. The molecule has 0 saturated carbocycles. The average molecular weight is 200 g/mol. The Morgan fingerprint density at radius 1 is 1.80 bits per heavy atom. The van der Waals surface area contributed by atoms with Crippen LogP contribution in [0, 0.1) is 0 Å². The third kappa shape index (κ3) is 4.95. The van der Waals surface area contributed by atoms with Crippen molar-refractivity contribution in [3.63, 3.8) is 0 Å². The molecular formula is C3H9ISi. The summed E-state index contributed by atoms with van der Waals surface area (Å²) in [6, 6.07) is 1.51. The van der Waals surface area contributed by atoms with Crippen molar-refractivity contribution in [2.45, 2.75) is 19.4 Å². The van der Waals surface area contributed by atoms with E-state index in [2.05, 4.69) is 28.7 Å². The predicted molar refractivity (Wildman–Crippen MR) is 37.7 cm³/mol. The molecular weight excluding hydrogens is 191 g/mol. The molecule has 0 spiro atoms. The Morgan fingerprint density at radius 3 is 2.40 bits per heavy atom. The van der Waals surface area contributed by atoms with Crippen molar-refractivity contribution in [3.8, 4) is 0 Å². The molecule has 0 atom stereocenters. The highest BCUT2D eigenvalue weighted by Gasteiger charge is 1.71. The van der Waals surface area contributed by atoms with Crippen LogP contribution < -0.4 is 0 Å². The van der Waals surface area contributed by atoms with Gasteiger partial charge in [-0.25, -0.2) is 0 Å². The molecule has 0 saturated heterocycles. The third-order valence-corrected chi connectivity index (χ3v) is 3.75. The molecule has 0 heterocycles. The van der Waals surface area contributed by atoms with Gasteiger partial charge in [0.1, 0.15) is 0 Å². The summed E-state index contributed by atoms with van der Waals surface area (Å²) in [5.74, 6) is 0. The lowest BCUT2D eigenvalue weighted by molar-refractivity contribution is 1.08. The topological polar surface area (TPSA) is 0 Å². The summed E-state index contributed by atoms with van der Waals surface area (Å²) in [5, 5.41) is 0. The average Bonchev–Trinajstić information content (AvgIpc) is 1.41. The van der Waals surface area contributed by atoms with Crippen molar-refractivity contribution < 1.29 is 0 Å². The largest absolute Gasteiger partial charge is 0.128 e. The second-order valence-electron chi connectivity index (χ2n) is 1.04. The fraction of sp³-hybridized carbons (Fsp3) is 1.00. The van der Waals surface area contributed by atoms with Gasteiger partial charge in [0.2, 0.25) is 0 Å². The summed E-state index contributed by atoms with van der Waals surface area (Å²) in [7, 11) is 0.384. The van der Waals surface area contributed by atoms with Crippen LogP contribution in [0.3, 0.4) is 0 Å². The van der Waals surface area contributed by atoms with Crippen molar-refractivity contribution >= 4 is 28.8 Å². The van der Waals surface area contributed by atoms with E-state index in [4.69, 9.17) is 0 Å². The molecule has 0 N–H and O–H groups in total. The van der Waals surface area contributed by atoms with Gasteiger partial charge >= 0.3 is 0 Å². The van der Waals surface area contributed by atoms with E-state index < -0.39 is 0 Å². The Morgan fingerprint density at radius 2 is 2.40 bits per heavy atom. The lowest BCUT2D eigenvalue weighted by Gasteiger charge is -1.76. The van der Waals surface area contributed by atoms with Crippen molar-refractivity contribution in [1.29, 1.82) is 0 Å². The molecule has 32 valence electrons. The number of hydrogen-bond donors (Lipinski definition) is 0. The molecule has 0 rings (SSSR count). The van der Waals surface area contributed by atoms with E-state index in [9.17, 15) is 0 Å². The number of halogens is 1. The highest BCUT2D eigenvalue weighted by Crippen LogP contribution is 1.88. The van der Waals surface area contributed by atoms with E-state index in [1.165, 1.54) is 12.5 Å². The Hall–Kier alpha value is 0.947. The summed E-state index contributed by atoms with van der Waals surface area (Å²) in [5.41, 5.74) is 0. The number of rotatable bonds is 2. The molecule has 0 unspecified atom stereocenters. The first-order valence-corrected chi connectivity index (χ1v) is 8.09. The smallest absolute Gasteiger partial charge is 0.0937 e. The van der Waals surface area contributed by atoms with Gasteiger partial charge in [0.15, 0.2) is 0 Å². The molecule has 0 aliphatic rings. The molecule has 2 heteroatoms. The molecule has 0 aliphatic carbocycles. The summed E-state index contributed by atoms with van der Waals surface area (Å²) >= 11 is 2.53. The van der Waals surface area contributed by atoms with Gasteiger partial charge in [-0.1, -0.05) is 19.4 Å². The standard InChI is InChI=1S/C3H9ISi/c1-2-3-5-4/h2-3,5H2,1H3. The van der Waals surface area contributed by atoms with Gasteiger partial charge in [0.25, 0.3) is 0 Å². The van der Waals surface area contributed by atoms with E-state index in [1.807, 2.05) is 0 Å². The normalized spacial score (nSPS) is 10.8. The molecule has 0 radical (unpaired) electrons. The van der Waals surface area contributed by atoms with E-state index in [-0.39, 0.29) is 0 Å². The Bertz CT molecular complexity index is 14.4. The molecule has 0 aromatic carbocycles. The van der Waals surface area contributed by atoms with Gasteiger partial charge in [0, 0.05) is 0 Å². The van der Waals surface area contributed by atoms with Crippen LogP contribution in [-0.4, -0.2) is 7.02 Å². The van der Waals surface area contributed by atoms with Crippen LogP contribution >= 0.6 is 21.8 Å². The molecule has 0 fully saturated rings.